The summed E-state index contributed by atoms with van der Waals surface area (Å²) in [6, 6.07) is 7.76. The highest BCUT2D eigenvalue weighted by atomic mass is 31.2. The first-order valence-electron chi connectivity index (χ1n) is 4.65. The summed E-state index contributed by atoms with van der Waals surface area (Å²) in [5.74, 6) is 0.172. The van der Waals surface area contributed by atoms with Crippen molar-refractivity contribution in [3.63, 3.8) is 0 Å². The van der Waals surface area contributed by atoms with Crippen molar-refractivity contribution in [2.45, 2.75) is 0 Å². The lowest BCUT2D eigenvalue weighted by Gasteiger charge is -2.05. The molecule has 10 heteroatoms. The van der Waals surface area contributed by atoms with Crippen LogP contribution in [0.25, 0.3) is 0 Å². The summed E-state index contributed by atoms with van der Waals surface area (Å²) in [5.41, 5.74) is -4.88. The van der Waals surface area contributed by atoms with E-state index in [1.807, 2.05) is 0 Å². The predicted octanol–water partition coefficient (Wildman–Crippen LogP) is 4.08. The van der Waals surface area contributed by atoms with Gasteiger partial charge in [-0.2, -0.15) is 9.59 Å². The first-order valence-corrected chi connectivity index (χ1v) is 7.16. The van der Waals surface area contributed by atoms with E-state index in [0.717, 1.165) is 0 Å². The van der Waals surface area contributed by atoms with Gasteiger partial charge in [-0.15, -0.1) is 0 Å². The first kappa shape index (κ1) is 15.0. The third kappa shape index (κ3) is 4.62. The Balaban J connectivity index is 3.02. The van der Waals surface area contributed by atoms with Crippen LogP contribution in [0.3, 0.4) is 0 Å². The second-order valence-electron chi connectivity index (χ2n) is 2.93. The molecule has 100 valence electrons. The van der Waals surface area contributed by atoms with Crippen LogP contribution >= 0.6 is 16.0 Å². The van der Waals surface area contributed by atoms with Crippen molar-refractivity contribution in [2.75, 3.05) is 0 Å². The Morgan fingerprint density at radius 3 is 2.00 bits per heavy atom. The minimum Gasteiger partial charge on any atom is -0.474 e. The Morgan fingerprint density at radius 2 is 1.58 bits per heavy atom. The molecule has 0 heterocycles. The summed E-state index contributed by atoms with van der Waals surface area (Å²) < 4.78 is 8.27. The molecule has 0 spiro atoms. The first-order chi connectivity index (χ1) is 8.91. The summed E-state index contributed by atoms with van der Waals surface area (Å²) in [7, 11) is -5.46. The Hall–Kier alpha value is -2.04. The zero-order valence-corrected chi connectivity index (χ0v) is 11.0. The van der Waals surface area contributed by atoms with Crippen molar-refractivity contribution in [3.05, 3.63) is 30.3 Å². The third-order valence-electron chi connectivity index (χ3n) is 1.63. The van der Waals surface area contributed by atoms with E-state index in [-0.39, 0.29) is 5.75 Å². The monoisotopic (exact) mass is 304 g/mol. The van der Waals surface area contributed by atoms with Crippen molar-refractivity contribution in [1.82, 2.24) is 0 Å². The van der Waals surface area contributed by atoms with Crippen LogP contribution in [0.15, 0.2) is 34.8 Å². The molecule has 8 nitrogen and oxygen atoms in total. The largest absolute Gasteiger partial charge is 0.545 e. The zero-order chi connectivity index (χ0) is 14.4. The number of carbonyl (C=O) groups is 3. The Kier molecular flexibility index (Phi) is 5.36. The van der Waals surface area contributed by atoms with Crippen molar-refractivity contribution < 1.29 is 34.2 Å². The molecule has 1 unspecified atom stereocenters. The van der Waals surface area contributed by atoms with Gasteiger partial charge >= 0.3 is 33.1 Å². The van der Waals surface area contributed by atoms with Gasteiger partial charge in [-0.3, -0.25) is 0 Å². The lowest BCUT2D eigenvalue weighted by atomic mass is 10.3. The molecule has 1 aromatic carbocycles. The van der Waals surface area contributed by atoms with Gasteiger partial charge in [0.05, 0.1) is 0 Å². The maximum absolute atomic E-state index is 10.9. The van der Waals surface area contributed by atoms with Gasteiger partial charge in [0, 0.05) is 0 Å². The molecule has 0 saturated carbocycles. The highest BCUT2D eigenvalue weighted by Crippen LogP contribution is 2.47. The zero-order valence-electron chi connectivity index (χ0n) is 9.20. The Morgan fingerprint density at radius 1 is 1.05 bits per heavy atom. The van der Waals surface area contributed by atoms with Crippen LogP contribution in [0.2, 0.25) is 0 Å². The molecule has 0 aromatic heterocycles. The molecular formula is C9H8NO7P2+. The second kappa shape index (κ2) is 6.78. The maximum atomic E-state index is 10.9. The molecular weight excluding hydrogens is 296 g/mol. The third-order valence-corrected chi connectivity index (χ3v) is 4.43. The van der Waals surface area contributed by atoms with Crippen molar-refractivity contribution in [2.24, 2.45) is 4.52 Å². The molecule has 0 saturated heterocycles. The average Bonchev–Trinajstić information content (AvgIpc) is 2.34. The Bertz CT molecular complexity index is 515. The fraction of sp³-hybridized carbons (Fsp3) is 0. The molecule has 19 heavy (non-hydrogen) atoms. The Labute approximate surface area is 109 Å². The highest BCUT2D eigenvalue weighted by Gasteiger charge is 2.40. The van der Waals surface area contributed by atoms with E-state index in [1.165, 1.54) is 12.1 Å². The topological polar surface area (TPSA) is 133 Å². The van der Waals surface area contributed by atoms with Crippen LogP contribution in [-0.2, 0) is 0 Å². The van der Waals surface area contributed by atoms with Gasteiger partial charge < -0.3 is 19.8 Å². The normalized spacial score (nSPS) is 11.2. The van der Waals surface area contributed by atoms with Gasteiger partial charge in [-0.1, -0.05) is 18.2 Å². The lowest BCUT2D eigenvalue weighted by molar-refractivity contribution is 0.215. The molecule has 0 fully saturated rings. The SMILES string of the molecule is O=C(O)P(N=[P+](C(=O)O)C(=O)O)Oc1ccccc1. The van der Waals surface area contributed by atoms with E-state index in [2.05, 4.69) is 4.52 Å². The van der Waals surface area contributed by atoms with Gasteiger partial charge in [0.25, 0.3) is 0 Å². The van der Waals surface area contributed by atoms with E-state index in [0.29, 0.717) is 0 Å². The fourth-order valence-electron chi connectivity index (χ4n) is 0.916. The summed E-state index contributed by atoms with van der Waals surface area (Å²) in [5, 5.41) is 26.2. The summed E-state index contributed by atoms with van der Waals surface area (Å²) in [4.78, 5) is 32.3. The van der Waals surface area contributed by atoms with Crippen LogP contribution in [0.4, 0.5) is 14.4 Å². The molecule has 0 amide bonds. The minimum absolute atomic E-state index is 0.172. The number of rotatable bonds is 6. The van der Waals surface area contributed by atoms with Gasteiger partial charge in [-0.25, -0.2) is 4.79 Å². The predicted molar refractivity (Wildman–Crippen MR) is 67.4 cm³/mol. The van der Waals surface area contributed by atoms with E-state index in [4.69, 9.17) is 19.8 Å². The van der Waals surface area contributed by atoms with E-state index < -0.39 is 33.1 Å². The quantitative estimate of drug-likeness (QED) is 0.674. The summed E-state index contributed by atoms with van der Waals surface area (Å²) in [6.07, 6.45) is 0. The van der Waals surface area contributed by atoms with Gasteiger partial charge in [-0.05, 0) is 16.6 Å². The molecule has 0 bridgehead atoms. The van der Waals surface area contributed by atoms with Gasteiger partial charge in [0.1, 0.15) is 5.75 Å². The number of carboxylic acid groups (broad SMARTS) is 3. The molecule has 0 aliphatic heterocycles. The summed E-state index contributed by atoms with van der Waals surface area (Å²) in [6.45, 7) is 0. The van der Waals surface area contributed by atoms with Gasteiger partial charge in [0.2, 0.25) is 0 Å². The smallest absolute Gasteiger partial charge is 0.474 e. The number of nitrogens with zero attached hydrogens (tertiary/aromatic N) is 1. The van der Waals surface area contributed by atoms with E-state index >= 15 is 0 Å². The van der Waals surface area contributed by atoms with Crippen LogP contribution in [0, 0.1) is 0 Å². The van der Waals surface area contributed by atoms with E-state index in [9.17, 15) is 14.4 Å². The highest BCUT2D eigenvalue weighted by molar-refractivity contribution is 7.85. The molecule has 0 radical (unpaired) electrons. The van der Waals surface area contributed by atoms with Crippen molar-refractivity contribution >= 4 is 33.1 Å². The van der Waals surface area contributed by atoms with E-state index in [1.54, 1.807) is 18.2 Å². The standard InChI is InChI=1S/C9H7NO7P2/c11-7(12)18(8(13)14)10-19(9(15)16)17-6-4-2-1-3-5-6/h1-5H,(H2-,11,12,13,14,15,16)/p+1. The molecule has 1 atom stereocenters. The van der Waals surface area contributed by atoms with Crippen molar-refractivity contribution in [1.29, 1.82) is 0 Å². The lowest BCUT2D eigenvalue weighted by Crippen LogP contribution is -1.98. The van der Waals surface area contributed by atoms with Gasteiger partial charge in [0.15, 0.2) is 0 Å². The number of hydrogen-bond donors (Lipinski definition) is 3. The fourth-order valence-corrected chi connectivity index (χ4v) is 3.19. The molecule has 3 N–H and O–H groups in total. The summed E-state index contributed by atoms with van der Waals surface area (Å²) >= 11 is 0. The maximum Gasteiger partial charge on any atom is 0.545 e. The van der Waals surface area contributed by atoms with Crippen LogP contribution < -0.4 is 4.52 Å². The number of para-hydroxylation sites is 1. The second-order valence-corrected chi connectivity index (χ2v) is 6.14. The average molecular weight is 304 g/mol. The van der Waals surface area contributed by atoms with Crippen LogP contribution in [-0.4, -0.2) is 32.5 Å². The molecule has 1 aromatic rings. The van der Waals surface area contributed by atoms with Crippen molar-refractivity contribution in [3.8, 4) is 5.75 Å². The molecule has 0 aliphatic carbocycles. The molecule has 0 aliphatic rings. The van der Waals surface area contributed by atoms with Crippen LogP contribution in [0.5, 0.6) is 5.75 Å². The molecule has 1 rings (SSSR count). The number of hydrogen-bond acceptors (Lipinski definition) is 5. The minimum atomic E-state index is -2.87. The number of benzene rings is 1. The van der Waals surface area contributed by atoms with Crippen LogP contribution in [0.1, 0.15) is 0 Å².